The number of hydrogen-bond donors (Lipinski definition) is 1. The molecule has 7 nitrogen and oxygen atoms in total. The van der Waals surface area contributed by atoms with Crippen LogP contribution in [0.2, 0.25) is 0 Å². The smallest absolute Gasteiger partial charge is 0.489 e. The minimum Gasteiger partial charge on any atom is -0.489 e. The number of aromatic nitrogens is 1. The molecule has 0 radical (unpaired) electrons. The lowest BCUT2D eigenvalue weighted by atomic mass is 9.95. The Labute approximate surface area is 237 Å². The van der Waals surface area contributed by atoms with Crippen molar-refractivity contribution >= 4 is 8.25 Å². The third-order valence-electron chi connectivity index (χ3n) is 7.43. The maximum Gasteiger partial charge on any atom is 0.694 e. The average molecular weight is 570 g/mol. The van der Waals surface area contributed by atoms with Crippen molar-refractivity contribution < 1.29 is 27.8 Å². The minimum absolute atomic E-state index is 0.0610. The van der Waals surface area contributed by atoms with Gasteiger partial charge in [0.15, 0.2) is 0 Å². The van der Waals surface area contributed by atoms with Gasteiger partial charge >= 0.3 is 8.25 Å². The van der Waals surface area contributed by atoms with E-state index in [9.17, 15) is 8.96 Å². The van der Waals surface area contributed by atoms with Gasteiger partial charge in [-0.25, -0.2) is 9.37 Å². The molecule has 0 amide bonds. The van der Waals surface area contributed by atoms with Gasteiger partial charge in [0.05, 0.1) is 13.3 Å². The number of hydrogen-bond acceptors (Lipinski definition) is 6. The molecule has 0 spiro atoms. The van der Waals surface area contributed by atoms with Gasteiger partial charge in [-0.05, 0) is 80.8 Å². The summed E-state index contributed by atoms with van der Waals surface area (Å²) in [5.74, 6) is 1.20. The summed E-state index contributed by atoms with van der Waals surface area (Å²) < 4.78 is 42.6. The molecule has 4 rings (SSSR count). The number of pyridine rings is 1. The molecule has 0 saturated heterocycles. The molecule has 40 heavy (non-hydrogen) atoms. The van der Waals surface area contributed by atoms with Gasteiger partial charge in [0.25, 0.3) is 0 Å². The summed E-state index contributed by atoms with van der Waals surface area (Å²) in [5, 5.41) is 0. The molecule has 1 fully saturated rings. The molecule has 9 heteroatoms. The summed E-state index contributed by atoms with van der Waals surface area (Å²) in [5.41, 5.74) is 4.25. The lowest BCUT2D eigenvalue weighted by Gasteiger charge is -2.31. The van der Waals surface area contributed by atoms with Gasteiger partial charge < -0.3 is 9.47 Å². The molecule has 3 aromatic rings. The Bertz CT molecular complexity index is 1310. The van der Waals surface area contributed by atoms with Crippen LogP contribution >= 0.6 is 8.25 Å². The van der Waals surface area contributed by atoms with Crippen molar-refractivity contribution in [2.24, 2.45) is 5.92 Å². The summed E-state index contributed by atoms with van der Waals surface area (Å²) >= 11 is 0. The van der Waals surface area contributed by atoms with Crippen molar-refractivity contribution in [3.05, 3.63) is 77.2 Å². The highest BCUT2D eigenvalue weighted by Crippen LogP contribution is 2.44. The van der Waals surface area contributed by atoms with Crippen LogP contribution in [0.15, 0.2) is 54.7 Å². The van der Waals surface area contributed by atoms with Crippen molar-refractivity contribution in [1.29, 1.82) is 0 Å². The molecule has 1 aliphatic carbocycles. The van der Waals surface area contributed by atoms with Crippen LogP contribution < -0.4 is 9.47 Å². The Hall–Kier alpha value is -2.90. The predicted octanol–water partition coefficient (Wildman–Crippen LogP) is 7.25. The van der Waals surface area contributed by atoms with Crippen LogP contribution in [0.1, 0.15) is 63.1 Å². The first kappa shape index (κ1) is 30.1. The maximum atomic E-state index is 15.0. The number of halogens is 1. The third kappa shape index (κ3) is 7.85. The SMILES string of the molecule is COc1cc(-c2ccc(COc3cccc(C(CO[P+](=O)O)C4CC4)c3)cc2CN(C(C)C)C(C)C)c(F)cn1. The summed E-state index contributed by atoms with van der Waals surface area (Å²) in [7, 11) is -1.11. The molecular weight excluding hydrogens is 530 g/mol. The van der Waals surface area contributed by atoms with Crippen molar-refractivity contribution in [2.75, 3.05) is 13.7 Å². The molecule has 1 N–H and O–H groups in total. The molecule has 1 saturated carbocycles. The van der Waals surface area contributed by atoms with Gasteiger partial charge in [0.1, 0.15) is 24.8 Å². The molecule has 0 bridgehead atoms. The van der Waals surface area contributed by atoms with Crippen LogP contribution in [0.3, 0.4) is 0 Å². The number of nitrogens with zero attached hydrogens (tertiary/aromatic N) is 2. The van der Waals surface area contributed by atoms with E-state index < -0.39 is 14.1 Å². The van der Waals surface area contributed by atoms with E-state index in [0.29, 0.717) is 42.6 Å². The van der Waals surface area contributed by atoms with Crippen LogP contribution in [-0.2, 0) is 22.2 Å². The van der Waals surface area contributed by atoms with E-state index in [1.54, 1.807) is 6.07 Å². The van der Waals surface area contributed by atoms with Gasteiger partial charge in [0.2, 0.25) is 5.88 Å². The van der Waals surface area contributed by atoms with E-state index in [1.807, 2.05) is 36.4 Å². The number of benzene rings is 2. The molecule has 2 aromatic carbocycles. The second-order valence-electron chi connectivity index (χ2n) is 10.9. The molecule has 2 unspecified atom stereocenters. The Morgan fingerprint density at radius 3 is 2.48 bits per heavy atom. The van der Waals surface area contributed by atoms with E-state index in [1.165, 1.54) is 13.3 Å². The van der Waals surface area contributed by atoms with E-state index in [-0.39, 0.29) is 12.5 Å². The number of ether oxygens (including phenoxy) is 2. The Kier molecular flexibility index (Phi) is 10.3. The largest absolute Gasteiger partial charge is 0.694 e. The molecule has 2 atom stereocenters. The molecule has 1 heterocycles. The zero-order valence-corrected chi connectivity index (χ0v) is 24.7. The Morgan fingerprint density at radius 1 is 1.07 bits per heavy atom. The summed E-state index contributed by atoms with van der Waals surface area (Å²) in [6.45, 7) is 9.85. The van der Waals surface area contributed by atoms with Gasteiger partial charge in [0, 0.05) is 40.7 Å². The molecular formula is C31H39FN2O5P+. The van der Waals surface area contributed by atoms with Crippen molar-refractivity contribution in [1.82, 2.24) is 9.88 Å². The quantitative estimate of drug-likeness (QED) is 0.205. The van der Waals surface area contributed by atoms with Gasteiger partial charge in [-0.1, -0.05) is 30.3 Å². The van der Waals surface area contributed by atoms with E-state index in [4.69, 9.17) is 18.9 Å². The first-order chi connectivity index (χ1) is 19.2. The fourth-order valence-electron chi connectivity index (χ4n) is 5.17. The van der Waals surface area contributed by atoms with E-state index in [0.717, 1.165) is 40.8 Å². The van der Waals surface area contributed by atoms with Crippen LogP contribution in [0.4, 0.5) is 4.39 Å². The van der Waals surface area contributed by atoms with Crippen LogP contribution in [0.25, 0.3) is 11.1 Å². The van der Waals surface area contributed by atoms with Gasteiger partial charge in [-0.15, -0.1) is 9.42 Å². The van der Waals surface area contributed by atoms with E-state index in [2.05, 4.69) is 43.6 Å². The Balaban J connectivity index is 1.59. The highest BCUT2D eigenvalue weighted by molar-refractivity contribution is 7.32. The zero-order valence-electron chi connectivity index (χ0n) is 23.8. The highest BCUT2D eigenvalue weighted by Gasteiger charge is 2.35. The number of rotatable bonds is 14. The normalized spacial score (nSPS) is 14.6. The molecule has 0 aliphatic heterocycles. The fraction of sp³-hybridized carbons (Fsp3) is 0.452. The fourth-order valence-corrected chi connectivity index (χ4v) is 5.46. The lowest BCUT2D eigenvalue weighted by Crippen LogP contribution is -2.36. The number of methoxy groups -OCH3 is 1. The Morgan fingerprint density at radius 2 is 1.82 bits per heavy atom. The molecule has 1 aromatic heterocycles. The first-order valence-electron chi connectivity index (χ1n) is 13.8. The van der Waals surface area contributed by atoms with Crippen LogP contribution in [0, 0.1) is 11.7 Å². The van der Waals surface area contributed by atoms with Crippen molar-refractivity contribution in [3.63, 3.8) is 0 Å². The second kappa shape index (κ2) is 13.6. The van der Waals surface area contributed by atoms with Crippen LogP contribution in [0.5, 0.6) is 11.6 Å². The summed E-state index contributed by atoms with van der Waals surface area (Å²) in [4.78, 5) is 15.5. The second-order valence-corrected chi connectivity index (χ2v) is 11.6. The third-order valence-corrected chi connectivity index (χ3v) is 7.80. The monoisotopic (exact) mass is 569 g/mol. The minimum atomic E-state index is -2.63. The van der Waals surface area contributed by atoms with Crippen LogP contribution in [-0.4, -0.2) is 40.6 Å². The standard InChI is InChI=1S/C31H38FN2O5P/c1-20(2)34(21(3)4)17-25-13-22(9-12-27(25)28-15-31(37-5)33-16-30(28)32)18-38-26-8-6-7-24(14-26)29(23-10-11-23)19-39-40(35)36/h6-9,12-16,20-21,23,29H,10-11,17-19H2,1-5H3/p+1. The zero-order chi connectivity index (χ0) is 28.8. The summed E-state index contributed by atoms with van der Waals surface area (Å²) in [6, 6.07) is 16.1. The lowest BCUT2D eigenvalue weighted by molar-refractivity contribution is 0.166. The van der Waals surface area contributed by atoms with Crippen molar-refractivity contribution in [2.45, 2.75) is 71.7 Å². The average Bonchev–Trinajstić information content (AvgIpc) is 3.76. The first-order valence-corrected chi connectivity index (χ1v) is 14.9. The van der Waals surface area contributed by atoms with Crippen molar-refractivity contribution in [3.8, 4) is 22.8 Å². The predicted molar refractivity (Wildman–Crippen MR) is 154 cm³/mol. The maximum absolute atomic E-state index is 15.0. The summed E-state index contributed by atoms with van der Waals surface area (Å²) in [6.07, 6.45) is 3.37. The molecule has 1 aliphatic rings. The van der Waals surface area contributed by atoms with E-state index >= 15 is 0 Å². The highest BCUT2D eigenvalue weighted by atomic mass is 31.1. The van der Waals surface area contributed by atoms with Gasteiger partial charge in [-0.2, -0.15) is 0 Å². The van der Waals surface area contributed by atoms with Gasteiger partial charge in [-0.3, -0.25) is 4.90 Å². The molecule has 214 valence electrons. The topological polar surface area (TPSA) is 81.1 Å².